The van der Waals surface area contributed by atoms with Gasteiger partial charge in [-0.1, -0.05) is 0 Å². The zero-order valence-electron chi connectivity index (χ0n) is 10.8. The van der Waals surface area contributed by atoms with Crippen LogP contribution in [0.15, 0.2) is 6.07 Å². The third-order valence-corrected chi connectivity index (χ3v) is 3.34. The van der Waals surface area contributed by atoms with E-state index in [1.54, 1.807) is 6.07 Å². The van der Waals surface area contributed by atoms with E-state index < -0.39 is 0 Å². The van der Waals surface area contributed by atoms with E-state index in [0.717, 1.165) is 31.5 Å². The fourth-order valence-electron chi connectivity index (χ4n) is 2.43. The molecule has 1 aliphatic rings. The number of H-pyrrole nitrogens is 1. The third kappa shape index (κ3) is 3.03. The molecule has 1 fully saturated rings. The molecule has 1 amide bonds. The average Bonchev–Trinajstić information content (AvgIpc) is 2.75. The summed E-state index contributed by atoms with van der Waals surface area (Å²) < 4.78 is 0. The number of aromatic amines is 1. The lowest BCUT2D eigenvalue weighted by Crippen LogP contribution is -2.51. The number of likely N-dealkylation sites (tertiary alicyclic amines) is 1. The van der Waals surface area contributed by atoms with Gasteiger partial charge in [0.15, 0.2) is 0 Å². The van der Waals surface area contributed by atoms with Gasteiger partial charge in [-0.3, -0.25) is 9.89 Å². The summed E-state index contributed by atoms with van der Waals surface area (Å²) in [7, 11) is 0. The summed E-state index contributed by atoms with van der Waals surface area (Å²) in [5.74, 6) is -0.00338. The number of carbonyl (C=O) groups excluding carboxylic acids is 1. The van der Waals surface area contributed by atoms with Gasteiger partial charge < -0.3 is 10.6 Å². The van der Waals surface area contributed by atoms with Crippen LogP contribution in [0.4, 0.5) is 0 Å². The summed E-state index contributed by atoms with van der Waals surface area (Å²) >= 11 is 0. The second kappa shape index (κ2) is 6.20. The Morgan fingerprint density at radius 1 is 1.61 bits per heavy atom. The van der Waals surface area contributed by atoms with Gasteiger partial charge in [-0.05, 0) is 39.2 Å². The molecule has 2 rings (SSSR count). The van der Waals surface area contributed by atoms with Gasteiger partial charge in [0.1, 0.15) is 5.69 Å². The van der Waals surface area contributed by atoms with Gasteiger partial charge in [0.05, 0.1) is 0 Å². The number of nitrogens with one attached hydrogen (secondary N) is 1. The van der Waals surface area contributed by atoms with E-state index in [4.69, 9.17) is 5.73 Å². The Balaban J connectivity index is 0.00000162. The van der Waals surface area contributed by atoms with Crippen LogP contribution in [0, 0.1) is 6.92 Å². The van der Waals surface area contributed by atoms with E-state index in [0.29, 0.717) is 5.69 Å². The maximum absolute atomic E-state index is 12.3. The summed E-state index contributed by atoms with van der Waals surface area (Å²) in [5.41, 5.74) is 7.36. The molecule has 0 radical (unpaired) electrons. The Morgan fingerprint density at radius 2 is 2.33 bits per heavy atom. The Morgan fingerprint density at radius 3 is 2.89 bits per heavy atom. The summed E-state index contributed by atoms with van der Waals surface area (Å²) in [6, 6.07) is 1.95. The van der Waals surface area contributed by atoms with E-state index >= 15 is 0 Å². The smallest absolute Gasteiger partial charge is 0.274 e. The molecule has 2 atom stereocenters. The lowest BCUT2D eigenvalue weighted by atomic mass is 9.96. The maximum atomic E-state index is 12.3. The molecule has 2 unspecified atom stereocenters. The molecule has 0 aliphatic carbocycles. The normalized spacial score (nSPS) is 21.3. The molecule has 0 aromatic carbocycles. The van der Waals surface area contributed by atoms with Crippen molar-refractivity contribution in [2.75, 3.05) is 6.54 Å². The fourth-order valence-corrected chi connectivity index (χ4v) is 2.43. The second-order valence-corrected chi connectivity index (χ2v) is 4.86. The molecule has 0 spiro atoms. The third-order valence-electron chi connectivity index (χ3n) is 3.34. The van der Waals surface area contributed by atoms with Crippen LogP contribution in [0.2, 0.25) is 0 Å². The monoisotopic (exact) mass is 272 g/mol. The predicted molar refractivity (Wildman–Crippen MR) is 72.9 cm³/mol. The number of hydrogen-bond donors (Lipinski definition) is 2. The Labute approximate surface area is 114 Å². The van der Waals surface area contributed by atoms with E-state index in [9.17, 15) is 4.79 Å². The number of rotatable bonds is 2. The topological polar surface area (TPSA) is 75.0 Å². The molecule has 1 aliphatic heterocycles. The number of amides is 1. The van der Waals surface area contributed by atoms with E-state index in [1.165, 1.54) is 0 Å². The molecule has 0 bridgehead atoms. The van der Waals surface area contributed by atoms with Crippen LogP contribution >= 0.6 is 12.4 Å². The molecule has 2 heterocycles. The molecule has 102 valence electrons. The number of halogens is 1. The van der Waals surface area contributed by atoms with E-state index in [2.05, 4.69) is 10.2 Å². The first-order valence-corrected chi connectivity index (χ1v) is 6.18. The SMILES string of the molecule is Cc1cc(C(=O)N2CCCCC2C(C)N)n[nH]1.Cl. The molecule has 1 aromatic heterocycles. The highest BCUT2D eigenvalue weighted by Crippen LogP contribution is 2.21. The number of carbonyl (C=O) groups is 1. The number of hydrogen-bond acceptors (Lipinski definition) is 3. The van der Waals surface area contributed by atoms with Crippen LogP contribution in [0.25, 0.3) is 0 Å². The van der Waals surface area contributed by atoms with Crippen molar-refractivity contribution in [3.8, 4) is 0 Å². The van der Waals surface area contributed by atoms with Crippen LogP contribution in [0.5, 0.6) is 0 Å². The van der Waals surface area contributed by atoms with Crippen molar-refractivity contribution in [2.24, 2.45) is 5.73 Å². The Kier molecular flexibility index (Phi) is 5.16. The van der Waals surface area contributed by atoms with E-state index in [-0.39, 0.29) is 30.4 Å². The Hall–Kier alpha value is -1.07. The van der Waals surface area contributed by atoms with Crippen LogP contribution in [0.3, 0.4) is 0 Å². The number of nitrogens with zero attached hydrogens (tertiary/aromatic N) is 2. The molecular weight excluding hydrogens is 252 g/mol. The van der Waals surface area contributed by atoms with Crippen molar-refractivity contribution in [3.05, 3.63) is 17.5 Å². The van der Waals surface area contributed by atoms with E-state index in [1.807, 2.05) is 18.7 Å². The minimum absolute atomic E-state index is 0. The van der Waals surface area contributed by atoms with Crippen LogP contribution in [0.1, 0.15) is 42.4 Å². The van der Waals surface area contributed by atoms with Gasteiger partial charge in [0, 0.05) is 24.3 Å². The van der Waals surface area contributed by atoms with Gasteiger partial charge in [-0.2, -0.15) is 5.10 Å². The van der Waals surface area contributed by atoms with Crippen molar-refractivity contribution >= 4 is 18.3 Å². The van der Waals surface area contributed by atoms with Crippen molar-refractivity contribution in [1.29, 1.82) is 0 Å². The number of piperidine rings is 1. The standard InChI is InChI=1S/C12H20N4O.ClH/c1-8-7-10(15-14-8)12(17)16-6-4-3-5-11(16)9(2)13;/h7,9,11H,3-6,13H2,1-2H3,(H,14,15);1H. The van der Waals surface area contributed by atoms with Gasteiger partial charge in [-0.15, -0.1) is 12.4 Å². The summed E-state index contributed by atoms with van der Waals surface area (Å²) in [4.78, 5) is 14.2. The molecule has 3 N–H and O–H groups in total. The minimum atomic E-state index is -0.00338. The molecule has 6 heteroatoms. The number of aryl methyl sites for hydroxylation is 1. The van der Waals surface area contributed by atoms with Crippen LogP contribution < -0.4 is 5.73 Å². The molecule has 5 nitrogen and oxygen atoms in total. The number of aromatic nitrogens is 2. The van der Waals surface area contributed by atoms with Crippen molar-refractivity contribution in [1.82, 2.24) is 15.1 Å². The molecule has 0 saturated carbocycles. The summed E-state index contributed by atoms with van der Waals surface area (Å²) in [6.45, 7) is 4.64. The minimum Gasteiger partial charge on any atom is -0.333 e. The molecule has 1 aromatic rings. The fraction of sp³-hybridized carbons (Fsp3) is 0.667. The van der Waals surface area contributed by atoms with Crippen molar-refractivity contribution in [2.45, 2.75) is 45.2 Å². The predicted octanol–water partition coefficient (Wildman–Crippen LogP) is 1.48. The molecule has 1 saturated heterocycles. The lowest BCUT2D eigenvalue weighted by molar-refractivity contribution is 0.0577. The van der Waals surface area contributed by atoms with Crippen LogP contribution in [-0.2, 0) is 0 Å². The van der Waals surface area contributed by atoms with Gasteiger partial charge in [0.2, 0.25) is 0 Å². The zero-order valence-corrected chi connectivity index (χ0v) is 11.7. The zero-order chi connectivity index (χ0) is 12.4. The second-order valence-electron chi connectivity index (χ2n) is 4.86. The summed E-state index contributed by atoms with van der Waals surface area (Å²) in [5, 5.41) is 6.83. The van der Waals surface area contributed by atoms with Gasteiger partial charge >= 0.3 is 0 Å². The summed E-state index contributed by atoms with van der Waals surface area (Å²) in [6.07, 6.45) is 3.20. The quantitative estimate of drug-likeness (QED) is 0.856. The largest absolute Gasteiger partial charge is 0.333 e. The maximum Gasteiger partial charge on any atom is 0.274 e. The highest BCUT2D eigenvalue weighted by molar-refractivity contribution is 5.92. The molecular formula is C12H21ClN4O. The first kappa shape index (κ1) is 15.0. The first-order chi connectivity index (χ1) is 8.09. The van der Waals surface area contributed by atoms with Gasteiger partial charge in [0.25, 0.3) is 5.91 Å². The lowest BCUT2D eigenvalue weighted by Gasteiger charge is -2.37. The van der Waals surface area contributed by atoms with Crippen molar-refractivity contribution < 1.29 is 4.79 Å². The van der Waals surface area contributed by atoms with Gasteiger partial charge in [-0.25, -0.2) is 0 Å². The Bertz CT molecular complexity index is 405. The highest BCUT2D eigenvalue weighted by atomic mass is 35.5. The number of nitrogens with two attached hydrogens (primary N) is 1. The van der Waals surface area contributed by atoms with Crippen LogP contribution in [-0.4, -0.2) is 39.6 Å². The highest BCUT2D eigenvalue weighted by Gasteiger charge is 2.30. The van der Waals surface area contributed by atoms with Crippen molar-refractivity contribution in [3.63, 3.8) is 0 Å². The average molecular weight is 273 g/mol. The molecule has 18 heavy (non-hydrogen) atoms. The first-order valence-electron chi connectivity index (χ1n) is 6.18.